The van der Waals surface area contributed by atoms with E-state index in [1.807, 2.05) is 0 Å². The van der Waals surface area contributed by atoms with Crippen LogP contribution in [0.2, 0.25) is 5.15 Å². The second kappa shape index (κ2) is 10.7. The number of hydrogen-bond donors (Lipinski definition) is 2. The fourth-order valence-electron chi connectivity index (χ4n) is 2.14. The summed E-state index contributed by atoms with van der Waals surface area (Å²) in [5.74, 6) is -1.44. The fraction of sp³-hybridized carbons (Fsp3) is 0.556. The largest absolute Gasteiger partial charge is 0.449 e. The number of imide groups is 1. The summed E-state index contributed by atoms with van der Waals surface area (Å²) >= 11 is 6.29. The van der Waals surface area contributed by atoms with Crippen molar-refractivity contribution in [1.29, 1.82) is 0 Å². The third-order valence-electron chi connectivity index (χ3n) is 3.54. The van der Waals surface area contributed by atoms with Crippen molar-refractivity contribution in [2.75, 3.05) is 0 Å². The second-order valence-electron chi connectivity index (χ2n) is 6.40. The number of carbonyl (C=O) groups is 3. The molecule has 1 atom stereocenters. The molecule has 150 valence electrons. The summed E-state index contributed by atoms with van der Waals surface area (Å²) in [5.41, 5.74) is 1.31. The number of hydrogen-bond acceptors (Lipinski definition) is 5. The average Bonchev–Trinajstić information content (AvgIpc) is 2.83. The summed E-state index contributed by atoms with van der Waals surface area (Å²) in [4.78, 5) is 35.3. The number of rotatable bonds is 8. The number of amides is 3. The highest BCUT2D eigenvalue weighted by Crippen LogP contribution is 2.21. The maximum absolute atomic E-state index is 11.9. The normalized spacial score (nSPS) is 12.3. The summed E-state index contributed by atoms with van der Waals surface area (Å²) in [7, 11) is 0. The summed E-state index contributed by atoms with van der Waals surface area (Å²) in [6.45, 7) is 9.47. The molecule has 0 radical (unpaired) electrons. The van der Waals surface area contributed by atoms with Gasteiger partial charge in [0.05, 0.1) is 5.69 Å². The molecule has 0 aliphatic carbocycles. The molecule has 0 aromatic carbocycles. The Morgan fingerprint density at radius 1 is 1.30 bits per heavy atom. The molecule has 27 heavy (non-hydrogen) atoms. The molecule has 1 aromatic rings. The number of nitrogens with one attached hydrogen (secondary N) is 2. The topological polar surface area (TPSA) is 102 Å². The number of carbonyl (C=O) groups excluding carboxylic acids is 3. The quantitative estimate of drug-likeness (QED) is 0.517. The van der Waals surface area contributed by atoms with Gasteiger partial charge in [-0.1, -0.05) is 24.9 Å². The Morgan fingerprint density at radius 3 is 2.56 bits per heavy atom. The molecule has 0 spiro atoms. The number of esters is 1. The number of unbranched alkanes of at least 4 members (excludes halogenated alkanes) is 1. The standard InChI is InChI=1S/C18H27ClN4O4/c1-6-7-10-23-16(19)14(12(4)22-23)8-9-15(24)27-13(5)17(25)21-18(26)20-11(2)3/h8-9,11,13H,6-7,10H2,1-5H3,(H2,20,21,25,26)/b9-8+/t13-/m1/s1. The first-order valence-corrected chi connectivity index (χ1v) is 9.26. The minimum absolute atomic E-state index is 0.121. The van der Waals surface area contributed by atoms with Crippen LogP contribution in [0, 0.1) is 6.92 Å². The van der Waals surface area contributed by atoms with Crippen LogP contribution < -0.4 is 10.6 Å². The van der Waals surface area contributed by atoms with Gasteiger partial charge in [-0.3, -0.25) is 14.8 Å². The second-order valence-corrected chi connectivity index (χ2v) is 6.75. The molecule has 1 aromatic heterocycles. The molecule has 9 heteroatoms. The SMILES string of the molecule is CCCCn1nc(C)c(/C=C/C(=O)O[C@H](C)C(=O)NC(=O)NC(C)C)c1Cl. The maximum atomic E-state index is 11.9. The van der Waals surface area contributed by atoms with E-state index in [9.17, 15) is 14.4 Å². The van der Waals surface area contributed by atoms with Gasteiger partial charge in [-0.2, -0.15) is 5.10 Å². The minimum atomic E-state index is -1.12. The molecule has 1 rings (SSSR count). The van der Waals surface area contributed by atoms with Crippen LogP contribution in [-0.4, -0.2) is 39.8 Å². The van der Waals surface area contributed by atoms with Gasteiger partial charge in [0.2, 0.25) is 0 Å². The van der Waals surface area contributed by atoms with E-state index in [0.717, 1.165) is 12.8 Å². The number of aryl methyl sites for hydroxylation is 2. The molecule has 2 N–H and O–H groups in total. The van der Waals surface area contributed by atoms with E-state index in [4.69, 9.17) is 16.3 Å². The monoisotopic (exact) mass is 398 g/mol. The lowest BCUT2D eigenvalue weighted by Gasteiger charge is -2.13. The van der Waals surface area contributed by atoms with Crippen LogP contribution in [0.1, 0.15) is 51.8 Å². The van der Waals surface area contributed by atoms with Gasteiger partial charge in [0.1, 0.15) is 5.15 Å². The van der Waals surface area contributed by atoms with Crippen molar-refractivity contribution < 1.29 is 19.1 Å². The molecule has 8 nitrogen and oxygen atoms in total. The highest BCUT2D eigenvalue weighted by molar-refractivity contribution is 6.31. The van der Waals surface area contributed by atoms with E-state index < -0.39 is 24.0 Å². The first-order valence-electron chi connectivity index (χ1n) is 8.88. The van der Waals surface area contributed by atoms with E-state index in [1.165, 1.54) is 19.1 Å². The van der Waals surface area contributed by atoms with Gasteiger partial charge in [-0.05, 0) is 40.2 Å². The van der Waals surface area contributed by atoms with Gasteiger partial charge in [-0.25, -0.2) is 9.59 Å². The van der Waals surface area contributed by atoms with Crippen LogP contribution in [0.3, 0.4) is 0 Å². The lowest BCUT2D eigenvalue weighted by atomic mass is 10.2. The van der Waals surface area contributed by atoms with Gasteiger partial charge < -0.3 is 10.1 Å². The van der Waals surface area contributed by atoms with Crippen molar-refractivity contribution in [1.82, 2.24) is 20.4 Å². The van der Waals surface area contributed by atoms with Crippen LogP contribution >= 0.6 is 11.6 Å². The van der Waals surface area contributed by atoms with Gasteiger partial charge in [0, 0.05) is 24.2 Å². The number of nitrogens with zero attached hydrogens (tertiary/aromatic N) is 2. The maximum Gasteiger partial charge on any atom is 0.331 e. The molecule has 0 saturated carbocycles. The highest BCUT2D eigenvalue weighted by atomic mass is 35.5. The molecule has 0 unspecified atom stereocenters. The Kier molecular flexibility index (Phi) is 9.00. The van der Waals surface area contributed by atoms with Crippen molar-refractivity contribution in [3.8, 4) is 0 Å². The number of ether oxygens (including phenoxy) is 1. The van der Waals surface area contributed by atoms with E-state index >= 15 is 0 Å². The Hall–Kier alpha value is -2.35. The lowest BCUT2D eigenvalue weighted by molar-refractivity contribution is -0.149. The summed E-state index contributed by atoms with van der Waals surface area (Å²) in [6, 6.07) is -0.764. The van der Waals surface area contributed by atoms with E-state index in [1.54, 1.807) is 25.5 Å². The summed E-state index contributed by atoms with van der Waals surface area (Å²) < 4.78 is 6.69. The van der Waals surface area contributed by atoms with Crippen LogP contribution in [0.25, 0.3) is 6.08 Å². The minimum Gasteiger partial charge on any atom is -0.449 e. The molecule has 1 heterocycles. The van der Waals surface area contributed by atoms with Crippen LogP contribution in [0.5, 0.6) is 0 Å². The third kappa shape index (κ3) is 7.42. The molecule has 0 bridgehead atoms. The predicted octanol–water partition coefficient (Wildman–Crippen LogP) is 2.82. The van der Waals surface area contributed by atoms with Crippen LogP contribution in [-0.2, 0) is 20.9 Å². The zero-order chi connectivity index (χ0) is 20.6. The van der Waals surface area contributed by atoms with Crippen molar-refractivity contribution >= 4 is 35.6 Å². The molecule has 3 amide bonds. The van der Waals surface area contributed by atoms with Crippen LogP contribution in [0.4, 0.5) is 4.79 Å². The summed E-state index contributed by atoms with van der Waals surface area (Å²) in [5, 5.41) is 9.40. The predicted molar refractivity (Wildman–Crippen MR) is 103 cm³/mol. The Balaban J connectivity index is 2.64. The van der Waals surface area contributed by atoms with Crippen molar-refractivity contribution in [3.63, 3.8) is 0 Å². The van der Waals surface area contributed by atoms with Crippen molar-refractivity contribution in [2.45, 2.75) is 66.2 Å². The van der Waals surface area contributed by atoms with Crippen LogP contribution in [0.15, 0.2) is 6.08 Å². The third-order valence-corrected chi connectivity index (χ3v) is 3.94. The first kappa shape index (κ1) is 22.7. The van der Waals surface area contributed by atoms with E-state index in [2.05, 4.69) is 22.7 Å². The number of halogens is 1. The molecule has 0 saturated heterocycles. The number of urea groups is 1. The van der Waals surface area contributed by atoms with Gasteiger partial charge in [-0.15, -0.1) is 0 Å². The first-order chi connectivity index (χ1) is 12.6. The Bertz CT molecular complexity index is 712. The molecule has 0 aliphatic heterocycles. The van der Waals surface area contributed by atoms with E-state index in [0.29, 0.717) is 23.0 Å². The Labute approximate surface area is 164 Å². The Morgan fingerprint density at radius 2 is 1.96 bits per heavy atom. The lowest BCUT2D eigenvalue weighted by Crippen LogP contribution is -2.46. The summed E-state index contributed by atoms with van der Waals surface area (Å²) in [6.07, 6.45) is 3.53. The van der Waals surface area contributed by atoms with E-state index in [-0.39, 0.29) is 6.04 Å². The molecule has 0 aliphatic rings. The molecular weight excluding hydrogens is 372 g/mol. The van der Waals surface area contributed by atoms with Gasteiger partial charge in [0.15, 0.2) is 6.10 Å². The molecule has 0 fully saturated rings. The highest BCUT2D eigenvalue weighted by Gasteiger charge is 2.19. The zero-order valence-electron chi connectivity index (χ0n) is 16.3. The average molecular weight is 399 g/mol. The smallest absolute Gasteiger partial charge is 0.331 e. The van der Waals surface area contributed by atoms with Crippen molar-refractivity contribution in [2.24, 2.45) is 0 Å². The van der Waals surface area contributed by atoms with Crippen molar-refractivity contribution in [3.05, 3.63) is 22.5 Å². The number of aromatic nitrogens is 2. The molecular formula is C18H27ClN4O4. The fourth-order valence-corrected chi connectivity index (χ4v) is 2.46. The van der Waals surface area contributed by atoms with Gasteiger partial charge >= 0.3 is 12.0 Å². The zero-order valence-corrected chi connectivity index (χ0v) is 17.1. The van der Waals surface area contributed by atoms with Gasteiger partial charge in [0.25, 0.3) is 5.91 Å².